The van der Waals surface area contributed by atoms with Gasteiger partial charge in [-0.3, -0.25) is 4.40 Å². The Morgan fingerprint density at radius 3 is 2.86 bits per heavy atom. The highest BCUT2D eigenvalue weighted by Crippen LogP contribution is 2.26. The number of pyridine rings is 1. The summed E-state index contributed by atoms with van der Waals surface area (Å²) < 4.78 is 15.2. The fourth-order valence-corrected chi connectivity index (χ4v) is 2.62. The average molecular weight is 397 g/mol. The van der Waals surface area contributed by atoms with Gasteiger partial charge in [0.15, 0.2) is 11.5 Å². The molecule has 21 heavy (non-hydrogen) atoms. The Bertz CT molecular complexity index is 847. The number of benzene rings is 1. The summed E-state index contributed by atoms with van der Waals surface area (Å²) in [5, 5.41) is 12.3. The van der Waals surface area contributed by atoms with Gasteiger partial charge < -0.3 is 10.4 Å². The quantitative estimate of drug-likeness (QED) is 0.664. The first-order valence-electron chi connectivity index (χ1n) is 5.99. The molecule has 7 heteroatoms. The van der Waals surface area contributed by atoms with Gasteiger partial charge in [-0.2, -0.15) is 0 Å². The Kier molecular flexibility index (Phi) is 3.50. The number of halogens is 2. The van der Waals surface area contributed by atoms with Crippen molar-refractivity contribution in [2.75, 3.05) is 5.32 Å². The molecular formula is C14H9FIN3O2. The van der Waals surface area contributed by atoms with Crippen molar-refractivity contribution in [3.8, 4) is 0 Å². The molecule has 3 aromatic rings. The Morgan fingerprint density at radius 1 is 1.33 bits per heavy atom. The van der Waals surface area contributed by atoms with Crippen LogP contribution in [0.15, 0.2) is 42.6 Å². The number of hydrogen-bond donors (Lipinski definition) is 2. The number of hydrogen-bond acceptors (Lipinski definition) is 3. The Balaban J connectivity index is 2.12. The molecule has 0 aliphatic heterocycles. The van der Waals surface area contributed by atoms with Gasteiger partial charge in [0.25, 0.3) is 0 Å². The zero-order valence-corrected chi connectivity index (χ0v) is 12.7. The molecule has 2 aromatic heterocycles. The van der Waals surface area contributed by atoms with Crippen LogP contribution in [0.25, 0.3) is 5.65 Å². The normalized spacial score (nSPS) is 10.8. The molecule has 0 aliphatic rings. The van der Waals surface area contributed by atoms with Crippen molar-refractivity contribution in [1.82, 2.24) is 9.38 Å². The zero-order valence-electron chi connectivity index (χ0n) is 10.5. The smallest absolute Gasteiger partial charge is 0.356 e. The third kappa shape index (κ3) is 2.56. The van der Waals surface area contributed by atoms with Crippen LogP contribution in [-0.2, 0) is 0 Å². The van der Waals surface area contributed by atoms with E-state index >= 15 is 0 Å². The number of carboxylic acids is 1. The maximum Gasteiger partial charge on any atom is 0.356 e. The molecule has 0 saturated heterocycles. The first kappa shape index (κ1) is 13.8. The number of aromatic nitrogens is 2. The highest BCUT2D eigenvalue weighted by molar-refractivity contribution is 14.1. The predicted octanol–water partition coefficient (Wildman–Crippen LogP) is 3.52. The van der Waals surface area contributed by atoms with E-state index in [2.05, 4.69) is 10.3 Å². The number of nitrogens with one attached hydrogen (secondary N) is 1. The minimum atomic E-state index is -1.09. The second-order valence-electron chi connectivity index (χ2n) is 4.29. The second kappa shape index (κ2) is 5.32. The minimum Gasteiger partial charge on any atom is -0.476 e. The summed E-state index contributed by atoms with van der Waals surface area (Å²) in [6, 6.07) is 9.44. The van der Waals surface area contributed by atoms with Crippen LogP contribution < -0.4 is 5.32 Å². The molecule has 0 spiro atoms. The van der Waals surface area contributed by atoms with E-state index in [-0.39, 0.29) is 17.3 Å². The Labute approximate surface area is 132 Å². The maximum atomic E-state index is 13.1. The number of aromatic carboxylic acids is 1. The molecule has 0 atom stereocenters. The van der Waals surface area contributed by atoms with Gasteiger partial charge in [-0.05, 0) is 52.9 Å². The molecule has 0 saturated carbocycles. The molecule has 5 nitrogen and oxygen atoms in total. The number of carbonyl (C=O) groups is 1. The van der Waals surface area contributed by atoms with Crippen LogP contribution in [0.2, 0.25) is 0 Å². The van der Waals surface area contributed by atoms with Gasteiger partial charge in [-0.1, -0.05) is 6.07 Å². The van der Waals surface area contributed by atoms with Crippen LogP contribution in [0.5, 0.6) is 0 Å². The molecule has 0 bridgehead atoms. The third-order valence-corrected chi connectivity index (χ3v) is 3.81. The summed E-state index contributed by atoms with van der Waals surface area (Å²) in [5.74, 6) is -1.22. The SMILES string of the molecule is O=C(O)c1c(Nc2ccc(F)cc2I)nc2ccccn12. The topological polar surface area (TPSA) is 66.6 Å². The van der Waals surface area contributed by atoms with Crippen LogP contribution >= 0.6 is 22.6 Å². The first-order valence-corrected chi connectivity index (χ1v) is 7.06. The van der Waals surface area contributed by atoms with Crippen molar-refractivity contribution in [2.24, 2.45) is 0 Å². The van der Waals surface area contributed by atoms with E-state index in [1.165, 1.54) is 16.5 Å². The van der Waals surface area contributed by atoms with E-state index < -0.39 is 5.97 Å². The van der Waals surface area contributed by atoms with Crippen molar-refractivity contribution in [3.05, 3.63) is 57.7 Å². The monoisotopic (exact) mass is 397 g/mol. The van der Waals surface area contributed by atoms with E-state index in [0.717, 1.165) is 0 Å². The van der Waals surface area contributed by atoms with Crippen LogP contribution in [0.3, 0.4) is 0 Å². The molecule has 0 radical (unpaired) electrons. The summed E-state index contributed by atoms with van der Waals surface area (Å²) >= 11 is 1.98. The van der Waals surface area contributed by atoms with E-state index in [1.807, 2.05) is 22.6 Å². The lowest BCUT2D eigenvalue weighted by Gasteiger charge is -2.07. The lowest BCUT2D eigenvalue weighted by molar-refractivity contribution is 0.0690. The van der Waals surface area contributed by atoms with Gasteiger partial charge in [0, 0.05) is 9.77 Å². The average Bonchev–Trinajstić information content (AvgIpc) is 2.80. The fraction of sp³-hybridized carbons (Fsp3) is 0. The van der Waals surface area contributed by atoms with Gasteiger partial charge in [-0.25, -0.2) is 14.2 Å². The zero-order chi connectivity index (χ0) is 15.0. The second-order valence-corrected chi connectivity index (χ2v) is 5.45. The molecular weight excluding hydrogens is 388 g/mol. The fourth-order valence-electron chi connectivity index (χ4n) is 2.01. The summed E-state index contributed by atoms with van der Waals surface area (Å²) in [5.41, 5.74) is 1.16. The molecule has 2 heterocycles. The van der Waals surface area contributed by atoms with Gasteiger partial charge in [0.1, 0.15) is 11.5 Å². The molecule has 0 unspecified atom stereocenters. The summed E-state index contributed by atoms with van der Waals surface area (Å²) in [6.07, 6.45) is 1.63. The molecule has 1 aromatic carbocycles. The summed E-state index contributed by atoms with van der Waals surface area (Å²) in [4.78, 5) is 15.7. The van der Waals surface area contributed by atoms with E-state index in [4.69, 9.17) is 0 Å². The van der Waals surface area contributed by atoms with Gasteiger partial charge in [0.05, 0.1) is 5.69 Å². The van der Waals surface area contributed by atoms with E-state index in [1.54, 1.807) is 30.5 Å². The standard InChI is InChI=1S/C14H9FIN3O2/c15-8-4-5-10(9(16)7-8)17-13-12(14(20)21)19-6-2-1-3-11(19)18-13/h1-7,17H,(H,20,21). The van der Waals surface area contributed by atoms with Gasteiger partial charge in [0.2, 0.25) is 0 Å². The highest BCUT2D eigenvalue weighted by Gasteiger charge is 2.19. The summed E-state index contributed by atoms with van der Waals surface area (Å²) in [6.45, 7) is 0. The lowest BCUT2D eigenvalue weighted by Crippen LogP contribution is -2.05. The van der Waals surface area contributed by atoms with E-state index in [0.29, 0.717) is 14.9 Å². The van der Waals surface area contributed by atoms with Crippen LogP contribution in [-0.4, -0.2) is 20.5 Å². The highest BCUT2D eigenvalue weighted by atomic mass is 127. The van der Waals surface area contributed by atoms with Crippen LogP contribution in [0, 0.1) is 9.39 Å². The molecule has 0 fully saturated rings. The minimum absolute atomic E-state index is 0.0331. The Morgan fingerprint density at radius 2 is 2.14 bits per heavy atom. The lowest BCUT2D eigenvalue weighted by atomic mass is 10.3. The molecule has 3 rings (SSSR count). The molecule has 0 amide bonds. The third-order valence-electron chi connectivity index (χ3n) is 2.92. The van der Waals surface area contributed by atoms with Gasteiger partial charge in [-0.15, -0.1) is 0 Å². The van der Waals surface area contributed by atoms with Crippen molar-refractivity contribution in [2.45, 2.75) is 0 Å². The van der Waals surface area contributed by atoms with Crippen LogP contribution in [0.1, 0.15) is 10.5 Å². The van der Waals surface area contributed by atoms with Crippen molar-refractivity contribution < 1.29 is 14.3 Å². The predicted molar refractivity (Wildman–Crippen MR) is 84.6 cm³/mol. The number of rotatable bonds is 3. The molecule has 0 aliphatic carbocycles. The molecule has 2 N–H and O–H groups in total. The van der Waals surface area contributed by atoms with Gasteiger partial charge >= 0.3 is 5.97 Å². The summed E-state index contributed by atoms with van der Waals surface area (Å²) in [7, 11) is 0. The number of carboxylic acid groups (broad SMARTS) is 1. The number of nitrogens with zero attached hydrogens (tertiary/aromatic N) is 2. The van der Waals surface area contributed by atoms with Crippen molar-refractivity contribution in [1.29, 1.82) is 0 Å². The largest absolute Gasteiger partial charge is 0.476 e. The number of fused-ring (bicyclic) bond motifs is 1. The van der Waals surface area contributed by atoms with Crippen molar-refractivity contribution >= 4 is 45.7 Å². The van der Waals surface area contributed by atoms with Crippen molar-refractivity contribution in [3.63, 3.8) is 0 Å². The maximum absolute atomic E-state index is 13.1. The number of imidazole rings is 1. The van der Waals surface area contributed by atoms with Crippen LogP contribution in [0.4, 0.5) is 15.9 Å². The first-order chi connectivity index (χ1) is 10.1. The Hall–Kier alpha value is -2.16. The molecule has 106 valence electrons. The van der Waals surface area contributed by atoms with E-state index in [9.17, 15) is 14.3 Å². The number of anilines is 2.